The van der Waals surface area contributed by atoms with E-state index in [9.17, 15) is 9.59 Å². The standard InChI is InChI=1S/C13H16BrNO3/c1-3-15(7-6-12(16)17)13(18)10-5-4-9(2)11(14)8-10/h4-5,8H,3,6-7H2,1-2H3,(H,16,17). The molecule has 0 saturated carbocycles. The first kappa shape index (κ1) is 14.7. The topological polar surface area (TPSA) is 57.6 Å². The summed E-state index contributed by atoms with van der Waals surface area (Å²) >= 11 is 3.38. The van der Waals surface area contributed by atoms with Crippen molar-refractivity contribution < 1.29 is 14.7 Å². The van der Waals surface area contributed by atoms with E-state index in [2.05, 4.69) is 15.9 Å². The average Bonchev–Trinajstić information content (AvgIpc) is 2.32. The molecule has 0 spiro atoms. The van der Waals surface area contributed by atoms with Crippen molar-refractivity contribution in [2.45, 2.75) is 20.3 Å². The molecule has 0 aliphatic carbocycles. The fourth-order valence-electron chi connectivity index (χ4n) is 1.54. The first-order valence-corrected chi connectivity index (χ1v) is 6.52. The van der Waals surface area contributed by atoms with E-state index in [1.165, 1.54) is 4.90 Å². The molecular formula is C13H16BrNO3. The summed E-state index contributed by atoms with van der Waals surface area (Å²) in [4.78, 5) is 24.2. The van der Waals surface area contributed by atoms with Gasteiger partial charge in [0.15, 0.2) is 0 Å². The minimum absolute atomic E-state index is 0.0351. The summed E-state index contributed by atoms with van der Waals surface area (Å²) in [5.74, 6) is -1.04. The van der Waals surface area contributed by atoms with Crippen LogP contribution in [0.3, 0.4) is 0 Å². The third-order valence-electron chi connectivity index (χ3n) is 2.68. The van der Waals surface area contributed by atoms with E-state index in [1.807, 2.05) is 19.9 Å². The number of carboxylic acids is 1. The molecule has 0 heterocycles. The fourth-order valence-corrected chi connectivity index (χ4v) is 1.92. The van der Waals surface area contributed by atoms with Gasteiger partial charge >= 0.3 is 5.97 Å². The predicted octanol–water partition coefficient (Wildman–Crippen LogP) is 2.69. The Morgan fingerprint density at radius 1 is 1.39 bits per heavy atom. The van der Waals surface area contributed by atoms with Gasteiger partial charge in [0.1, 0.15) is 0 Å². The maximum Gasteiger partial charge on any atom is 0.305 e. The second-order valence-electron chi connectivity index (χ2n) is 3.99. The zero-order valence-electron chi connectivity index (χ0n) is 10.4. The van der Waals surface area contributed by atoms with Crippen molar-refractivity contribution in [1.29, 1.82) is 0 Å². The number of aryl methyl sites for hydroxylation is 1. The Kier molecular flexibility index (Phi) is 5.34. The van der Waals surface area contributed by atoms with Crippen molar-refractivity contribution in [1.82, 2.24) is 4.90 Å². The summed E-state index contributed by atoms with van der Waals surface area (Å²) in [7, 11) is 0. The molecule has 0 aliphatic heterocycles. The van der Waals surface area contributed by atoms with E-state index in [0.29, 0.717) is 12.1 Å². The Morgan fingerprint density at radius 3 is 2.56 bits per heavy atom. The molecule has 0 aromatic heterocycles. The Morgan fingerprint density at radius 2 is 2.06 bits per heavy atom. The number of carbonyl (C=O) groups excluding carboxylic acids is 1. The second kappa shape index (κ2) is 6.54. The van der Waals surface area contributed by atoms with Crippen LogP contribution in [-0.2, 0) is 4.79 Å². The summed E-state index contributed by atoms with van der Waals surface area (Å²) in [6.45, 7) is 4.51. The lowest BCUT2D eigenvalue weighted by atomic mass is 10.1. The van der Waals surface area contributed by atoms with Gasteiger partial charge in [0.25, 0.3) is 5.91 Å². The SMILES string of the molecule is CCN(CCC(=O)O)C(=O)c1ccc(C)c(Br)c1. The number of rotatable bonds is 5. The molecule has 0 aliphatic rings. The average molecular weight is 314 g/mol. The molecular weight excluding hydrogens is 298 g/mol. The Balaban J connectivity index is 2.82. The zero-order chi connectivity index (χ0) is 13.7. The van der Waals surface area contributed by atoms with Gasteiger partial charge in [-0.1, -0.05) is 22.0 Å². The van der Waals surface area contributed by atoms with Crippen LogP contribution in [0.4, 0.5) is 0 Å². The van der Waals surface area contributed by atoms with Crippen molar-refractivity contribution in [2.75, 3.05) is 13.1 Å². The molecule has 1 rings (SSSR count). The molecule has 1 aromatic carbocycles. The predicted molar refractivity (Wildman–Crippen MR) is 72.7 cm³/mol. The number of amides is 1. The molecule has 0 bridgehead atoms. The summed E-state index contributed by atoms with van der Waals surface area (Å²) in [6, 6.07) is 5.38. The largest absolute Gasteiger partial charge is 0.481 e. The van der Waals surface area contributed by atoms with Crippen LogP contribution in [0, 0.1) is 6.92 Å². The van der Waals surface area contributed by atoms with Gasteiger partial charge in [0.05, 0.1) is 6.42 Å². The molecule has 1 N–H and O–H groups in total. The molecule has 0 atom stereocenters. The van der Waals surface area contributed by atoms with Crippen LogP contribution >= 0.6 is 15.9 Å². The van der Waals surface area contributed by atoms with Gasteiger partial charge in [-0.25, -0.2) is 0 Å². The van der Waals surface area contributed by atoms with Crippen LogP contribution in [-0.4, -0.2) is 35.0 Å². The van der Waals surface area contributed by atoms with Crippen LogP contribution in [0.5, 0.6) is 0 Å². The Labute approximate surface area is 115 Å². The number of hydrogen-bond acceptors (Lipinski definition) is 2. The number of halogens is 1. The molecule has 1 aromatic rings. The highest BCUT2D eigenvalue weighted by atomic mass is 79.9. The number of carbonyl (C=O) groups is 2. The summed E-state index contributed by atoms with van der Waals surface area (Å²) in [5.41, 5.74) is 1.62. The highest BCUT2D eigenvalue weighted by Gasteiger charge is 2.15. The fraction of sp³-hybridized carbons (Fsp3) is 0.385. The molecule has 98 valence electrons. The van der Waals surface area contributed by atoms with E-state index in [0.717, 1.165) is 10.0 Å². The van der Waals surface area contributed by atoms with E-state index >= 15 is 0 Å². The second-order valence-corrected chi connectivity index (χ2v) is 4.85. The van der Waals surface area contributed by atoms with Crippen molar-refractivity contribution in [2.24, 2.45) is 0 Å². The van der Waals surface area contributed by atoms with E-state index in [-0.39, 0.29) is 18.9 Å². The number of hydrogen-bond donors (Lipinski definition) is 1. The van der Waals surface area contributed by atoms with Crippen LogP contribution in [0.15, 0.2) is 22.7 Å². The van der Waals surface area contributed by atoms with Gasteiger partial charge in [-0.15, -0.1) is 0 Å². The number of carboxylic acid groups (broad SMARTS) is 1. The highest BCUT2D eigenvalue weighted by molar-refractivity contribution is 9.10. The summed E-state index contributed by atoms with van der Waals surface area (Å²) in [5, 5.41) is 8.65. The van der Waals surface area contributed by atoms with Crippen molar-refractivity contribution in [3.05, 3.63) is 33.8 Å². The van der Waals surface area contributed by atoms with Gasteiger partial charge in [-0.05, 0) is 31.5 Å². The van der Waals surface area contributed by atoms with Gasteiger partial charge < -0.3 is 10.0 Å². The minimum atomic E-state index is -0.897. The smallest absolute Gasteiger partial charge is 0.305 e. The monoisotopic (exact) mass is 313 g/mol. The highest BCUT2D eigenvalue weighted by Crippen LogP contribution is 2.18. The van der Waals surface area contributed by atoms with Crippen LogP contribution in [0.1, 0.15) is 29.3 Å². The first-order valence-electron chi connectivity index (χ1n) is 5.73. The van der Waals surface area contributed by atoms with Gasteiger partial charge in [0.2, 0.25) is 0 Å². The molecule has 0 fully saturated rings. The van der Waals surface area contributed by atoms with Crippen molar-refractivity contribution in [3.8, 4) is 0 Å². The maximum atomic E-state index is 12.2. The van der Waals surface area contributed by atoms with Crippen molar-refractivity contribution in [3.63, 3.8) is 0 Å². The van der Waals surface area contributed by atoms with E-state index in [1.54, 1.807) is 12.1 Å². The third kappa shape index (κ3) is 3.84. The van der Waals surface area contributed by atoms with Crippen LogP contribution in [0.2, 0.25) is 0 Å². The number of aliphatic carboxylic acids is 1. The molecule has 0 radical (unpaired) electrons. The number of benzene rings is 1. The molecule has 1 amide bonds. The van der Waals surface area contributed by atoms with Gasteiger partial charge in [-0.3, -0.25) is 9.59 Å². The molecule has 0 unspecified atom stereocenters. The lowest BCUT2D eigenvalue weighted by Crippen LogP contribution is -2.32. The Hall–Kier alpha value is -1.36. The Bertz CT molecular complexity index is 460. The van der Waals surface area contributed by atoms with E-state index < -0.39 is 5.97 Å². The van der Waals surface area contributed by atoms with Crippen molar-refractivity contribution >= 4 is 27.8 Å². The van der Waals surface area contributed by atoms with Gasteiger partial charge in [-0.2, -0.15) is 0 Å². The van der Waals surface area contributed by atoms with Crippen LogP contribution < -0.4 is 0 Å². The molecule has 4 nitrogen and oxygen atoms in total. The number of nitrogens with zero attached hydrogens (tertiary/aromatic N) is 1. The molecule has 0 saturated heterocycles. The summed E-state index contributed by atoms with van der Waals surface area (Å²) < 4.78 is 0.877. The molecule has 5 heteroatoms. The van der Waals surface area contributed by atoms with E-state index in [4.69, 9.17) is 5.11 Å². The lowest BCUT2D eigenvalue weighted by Gasteiger charge is -2.20. The van der Waals surface area contributed by atoms with Crippen LogP contribution in [0.25, 0.3) is 0 Å². The minimum Gasteiger partial charge on any atom is -0.481 e. The lowest BCUT2D eigenvalue weighted by molar-refractivity contribution is -0.137. The molecule has 18 heavy (non-hydrogen) atoms. The third-order valence-corrected chi connectivity index (χ3v) is 3.54. The quantitative estimate of drug-likeness (QED) is 0.909. The normalized spacial score (nSPS) is 10.2. The maximum absolute atomic E-state index is 12.2. The van der Waals surface area contributed by atoms with Gasteiger partial charge in [0, 0.05) is 23.1 Å². The zero-order valence-corrected chi connectivity index (χ0v) is 12.0. The first-order chi connectivity index (χ1) is 8.45. The summed E-state index contributed by atoms with van der Waals surface area (Å²) in [6.07, 6.45) is -0.0351.